The number of nitrogens with one attached hydrogen (secondary N) is 2. The summed E-state index contributed by atoms with van der Waals surface area (Å²) in [6, 6.07) is 6.21. The summed E-state index contributed by atoms with van der Waals surface area (Å²) in [6.45, 7) is 8.14. The number of nitrogens with zero attached hydrogens (tertiary/aromatic N) is 2. The molecule has 1 aromatic carbocycles. The van der Waals surface area contributed by atoms with Gasteiger partial charge in [0.15, 0.2) is 17.3 Å². The maximum absolute atomic E-state index is 15.0. The Bertz CT molecular complexity index is 1290. The molecule has 3 rings (SSSR count). The van der Waals surface area contributed by atoms with Crippen molar-refractivity contribution in [2.45, 2.75) is 46.8 Å². The van der Waals surface area contributed by atoms with Crippen LogP contribution in [0.1, 0.15) is 39.8 Å². The third-order valence-corrected chi connectivity index (χ3v) is 6.19. The lowest BCUT2D eigenvalue weighted by Crippen LogP contribution is -2.67. The van der Waals surface area contributed by atoms with Gasteiger partial charge in [-0.1, -0.05) is 20.8 Å². The minimum Gasteiger partial charge on any atom is -0.489 e. The Hall–Kier alpha value is -3.30. The summed E-state index contributed by atoms with van der Waals surface area (Å²) in [4.78, 5) is 7.43. The van der Waals surface area contributed by atoms with E-state index in [1.54, 1.807) is 19.3 Å². The molecule has 0 aliphatic rings. The number of ether oxygens (including phenoxy) is 1. The quantitative estimate of drug-likeness (QED) is 0.339. The van der Waals surface area contributed by atoms with Gasteiger partial charge in [0.1, 0.15) is 12.7 Å². The zero-order chi connectivity index (χ0) is 26.6. The zero-order valence-electron chi connectivity index (χ0n) is 21.7. The lowest BCUT2D eigenvalue weighted by molar-refractivity contribution is -0.419. The first-order valence-corrected chi connectivity index (χ1v) is 11.9. The predicted molar refractivity (Wildman–Crippen MR) is 138 cm³/mol. The predicted octanol–water partition coefficient (Wildman–Crippen LogP) is 2.56. The van der Waals surface area contributed by atoms with Crippen LogP contribution in [0.2, 0.25) is 0 Å². The average Bonchev–Trinajstić information content (AvgIpc) is 3.24. The highest BCUT2D eigenvalue weighted by Crippen LogP contribution is 2.35. The van der Waals surface area contributed by atoms with Crippen LogP contribution in [0, 0.1) is 17.0 Å². The fraction of sp³-hybridized carbons (Fsp3) is 0.407. The SMILES string of the molecule is CNCc1cnc2ccc(-c3ccc(F)c(F)c3OCC/C(C(C)=[NH+]C)=C(/N)C(O)C(C)(C)C)cn12. The third-order valence-electron chi connectivity index (χ3n) is 6.19. The fourth-order valence-electron chi connectivity index (χ4n) is 3.99. The van der Waals surface area contributed by atoms with Gasteiger partial charge in [0.25, 0.3) is 0 Å². The molecule has 5 N–H and O–H groups in total. The van der Waals surface area contributed by atoms with E-state index in [-0.39, 0.29) is 18.8 Å². The summed E-state index contributed by atoms with van der Waals surface area (Å²) in [5, 5.41) is 13.8. The number of fused-ring (bicyclic) bond motifs is 1. The van der Waals surface area contributed by atoms with Crippen LogP contribution in [-0.4, -0.2) is 47.0 Å². The smallest absolute Gasteiger partial charge is 0.201 e. The highest BCUT2D eigenvalue weighted by molar-refractivity contribution is 5.94. The number of pyridine rings is 1. The molecule has 0 saturated carbocycles. The molecule has 0 aliphatic heterocycles. The van der Waals surface area contributed by atoms with Crippen molar-refractivity contribution < 1.29 is 23.6 Å². The summed E-state index contributed by atoms with van der Waals surface area (Å²) in [7, 11) is 3.60. The number of rotatable bonds is 9. The van der Waals surface area contributed by atoms with Gasteiger partial charge in [-0.15, -0.1) is 0 Å². The largest absolute Gasteiger partial charge is 0.489 e. The number of aromatic nitrogens is 2. The van der Waals surface area contributed by atoms with Crippen molar-refractivity contribution in [3.05, 3.63) is 65.3 Å². The summed E-state index contributed by atoms with van der Waals surface area (Å²) < 4.78 is 36.9. The lowest BCUT2D eigenvalue weighted by atomic mass is 9.85. The molecule has 0 saturated heterocycles. The van der Waals surface area contributed by atoms with Gasteiger partial charge in [0, 0.05) is 48.5 Å². The zero-order valence-corrected chi connectivity index (χ0v) is 21.7. The van der Waals surface area contributed by atoms with E-state index in [4.69, 9.17) is 10.5 Å². The van der Waals surface area contributed by atoms with E-state index >= 15 is 0 Å². The third kappa shape index (κ3) is 5.74. The normalized spacial score (nSPS) is 14.2. The molecule has 2 heterocycles. The van der Waals surface area contributed by atoms with Gasteiger partial charge in [0.2, 0.25) is 5.82 Å². The van der Waals surface area contributed by atoms with Crippen molar-refractivity contribution in [2.24, 2.45) is 11.1 Å². The number of aliphatic hydroxyl groups excluding tert-OH is 1. The molecule has 2 aromatic heterocycles. The molecule has 0 bridgehead atoms. The molecule has 36 heavy (non-hydrogen) atoms. The molecule has 194 valence electrons. The number of hydrogen-bond donors (Lipinski definition) is 4. The molecule has 0 fully saturated rings. The monoisotopic (exact) mass is 500 g/mol. The highest BCUT2D eigenvalue weighted by Gasteiger charge is 2.28. The number of hydrogen-bond acceptors (Lipinski definition) is 5. The molecule has 7 nitrogen and oxygen atoms in total. The Morgan fingerprint density at radius 1 is 1.25 bits per heavy atom. The Labute approximate surface area is 210 Å². The molecule has 0 amide bonds. The molecular formula is C27H36F2N5O2+. The molecule has 1 atom stereocenters. The number of aliphatic hydroxyl groups is 1. The summed E-state index contributed by atoms with van der Waals surface area (Å²) in [5.74, 6) is -2.23. The van der Waals surface area contributed by atoms with Crippen LogP contribution in [-0.2, 0) is 6.54 Å². The van der Waals surface area contributed by atoms with Crippen LogP contribution in [0.3, 0.4) is 0 Å². The Balaban J connectivity index is 1.96. The molecule has 0 spiro atoms. The number of halogens is 2. The van der Waals surface area contributed by atoms with Gasteiger partial charge in [-0.05, 0) is 36.7 Å². The van der Waals surface area contributed by atoms with Crippen molar-refractivity contribution in [3.63, 3.8) is 0 Å². The van der Waals surface area contributed by atoms with Crippen molar-refractivity contribution in [3.8, 4) is 16.9 Å². The van der Waals surface area contributed by atoms with E-state index in [1.807, 2.05) is 51.4 Å². The van der Waals surface area contributed by atoms with Crippen LogP contribution < -0.4 is 20.8 Å². The van der Waals surface area contributed by atoms with Gasteiger partial charge in [-0.2, -0.15) is 4.39 Å². The molecular weight excluding hydrogens is 464 g/mol. The first-order chi connectivity index (χ1) is 17.0. The van der Waals surface area contributed by atoms with Gasteiger partial charge in [0.05, 0.1) is 24.6 Å². The first-order valence-electron chi connectivity index (χ1n) is 11.9. The van der Waals surface area contributed by atoms with E-state index in [1.165, 1.54) is 6.07 Å². The minimum absolute atomic E-state index is 0.0254. The van der Waals surface area contributed by atoms with E-state index in [2.05, 4.69) is 15.3 Å². The van der Waals surface area contributed by atoms with Crippen LogP contribution in [0.4, 0.5) is 8.78 Å². The van der Waals surface area contributed by atoms with E-state index in [0.29, 0.717) is 28.9 Å². The van der Waals surface area contributed by atoms with Crippen LogP contribution >= 0.6 is 0 Å². The molecule has 1 unspecified atom stereocenters. The van der Waals surface area contributed by atoms with E-state index in [9.17, 15) is 13.9 Å². The number of benzene rings is 1. The second kappa shape index (κ2) is 11.2. The minimum atomic E-state index is -1.06. The summed E-state index contributed by atoms with van der Waals surface area (Å²) in [5.41, 5.74) is 10.4. The van der Waals surface area contributed by atoms with Crippen molar-refractivity contribution in [2.75, 3.05) is 20.7 Å². The van der Waals surface area contributed by atoms with Gasteiger partial charge >= 0.3 is 0 Å². The Morgan fingerprint density at radius 2 is 1.97 bits per heavy atom. The Kier molecular flexibility index (Phi) is 8.47. The second-order valence-corrected chi connectivity index (χ2v) is 9.84. The number of nitrogens with two attached hydrogens (primary N) is 1. The van der Waals surface area contributed by atoms with Crippen LogP contribution in [0.25, 0.3) is 16.8 Å². The topological polar surface area (TPSA) is 98.8 Å². The average molecular weight is 501 g/mol. The first kappa shape index (κ1) is 27.3. The fourth-order valence-corrected chi connectivity index (χ4v) is 3.99. The van der Waals surface area contributed by atoms with Gasteiger partial charge < -0.3 is 25.3 Å². The van der Waals surface area contributed by atoms with Crippen LogP contribution in [0.5, 0.6) is 5.75 Å². The van der Waals surface area contributed by atoms with E-state index in [0.717, 1.165) is 23.1 Å². The molecule has 0 aliphatic carbocycles. The Morgan fingerprint density at radius 3 is 2.61 bits per heavy atom. The molecule has 9 heteroatoms. The number of imidazole rings is 1. The van der Waals surface area contributed by atoms with Crippen LogP contribution in [0.15, 0.2) is 47.9 Å². The van der Waals surface area contributed by atoms with E-state index < -0.39 is 23.2 Å². The van der Waals surface area contributed by atoms with Crippen molar-refractivity contribution in [1.82, 2.24) is 14.7 Å². The van der Waals surface area contributed by atoms with Crippen molar-refractivity contribution >= 4 is 11.4 Å². The maximum Gasteiger partial charge on any atom is 0.201 e. The molecule has 3 aromatic rings. The lowest BCUT2D eigenvalue weighted by Gasteiger charge is -2.27. The highest BCUT2D eigenvalue weighted by atomic mass is 19.2. The maximum atomic E-state index is 15.0. The molecule has 0 radical (unpaired) electrons. The van der Waals surface area contributed by atoms with Gasteiger partial charge in [-0.3, -0.25) is 0 Å². The van der Waals surface area contributed by atoms with Gasteiger partial charge in [-0.25, -0.2) is 14.4 Å². The van der Waals surface area contributed by atoms with Crippen molar-refractivity contribution in [1.29, 1.82) is 0 Å². The summed E-state index contributed by atoms with van der Waals surface area (Å²) in [6.07, 6.45) is 3.00. The summed E-state index contributed by atoms with van der Waals surface area (Å²) >= 11 is 0. The second-order valence-electron chi connectivity index (χ2n) is 9.84. The standard InChI is InChI=1S/C27H35F2N5O2/c1-16(32-6)19(24(30)26(35)27(2,3)4)11-12-36-25-20(8-9-21(28)23(25)29)17-7-10-22-33-14-18(13-31-5)34(22)15-17/h7-10,14-15,26,31,35H,11-13,30H2,1-6H3/p+1/b24-19-,32-16?.